The van der Waals surface area contributed by atoms with Crippen LogP contribution in [0.25, 0.3) is 17.1 Å². The van der Waals surface area contributed by atoms with Crippen LogP contribution in [0.3, 0.4) is 0 Å². The third-order valence-corrected chi connectivity index (χ3v) is 9.04. The Morgan fingerprint density at radius 2 is 1.36 bits per heavy atom. The zero-order chi connectivity index (χ0) is 30.1. The second kappa shape index (κ2) is 14.4. The highest BCUT2D eigenvalue weighted by Crippen LogP contribution is 2.33. The van der Waals surface area contributed by atoms with Crippen molar-refractivity contribution in [3.05, 3.63) is 126 Å². The minimum Gasteiger partial charge on any atom is -0.495 e. The van der Waals surface area contributed by atoms with E-state index in [1.807, 2.05) is 59.5 Å². The number of rotatable bonds is 11. The van der Waals surface area contributed by atoms with E-state index in [-0.39, 0.29) is 11.9 Å². The molecule has 1 saturated heterocycles. The first-order chi connectivity index (χ1) is 21.7. The summed E-state index contributed by atoms with van der Waals surface area (Å²) in [5.41, 5.74) is 4.44. The lowest BCUT2D eigenvalue weighted by Crippen LogP contribution is -2.49. The molecular formula is C36H37N5O2S. The van der Waals surface area contributed by atoms with Crippen LogP contribution in [0.5, 0.6) is 5.75 Å². The Hall–Kier alpha value is -4.40. The highest BCUT2D eigenvalue weighted by molar-refractivity contribution is 7.99. The topological polar surface area (TPSA) is 63.5 Å². The van der Waals surface area contributed by atoms with Gasteiger partial charge in [-0.15, -0.1) is 10.2 Å². The van der Waals surface area contributed by atoms with E-state index in [1.54, 1.807) is 18.9 Å². The number of hydrogen-bond donors (Lipinski definition) is 0. The van der Waals surface area contributed by atoms with Crippen molar-refractivity contribution >= 4 is 17.7 Å². The van der Waals surface area contributed by atoms with Gasteiger partial charge in [-0.05, 0) is 29.7 Å². The number of nitrogens with zero attached hydrogens (tertiary/aromatic N) is 5. The Bertz CT molecular complexity index is 1600. The monoisotopic (exact) mass is 603 g/mol. The molecule has 44 heavy (non-hydrogen) atoms. The zero-order valence-electron chi connectivity index (χ0n) is 25.0. The van der Waals surface area contributed by atoms with Gasteiger partial charge in [-0.25, -0.2) is 0 Å². The summed E-state index contributed by atoms with van der Waals surface area (Å²) in [5, 5.41) is 9.87. The minimum atomic E-state index is 0.187. The van der Waals surface area contributed by atoms with Crippen molar-refractivity contribution < 1.29 is 9.53 Å². The van der Waals surface area contributed by atoms with Crippen molar-refractivity contribution in [1.29, 1.82) is 0 Å². The predicted octanol–water partition coefficient (Wildman–Crippen LogP) is 6.75. The van der Waals surface area contributed by atoms with Gasteiger partial charge in [0.15, 0.2) is 11.0 Å². The van der Waals surface area contributed by atoms with Gasteiger partial charge in [0.05, 0.1) is 18.8 Å². The second-order valence-electron chi connectivity index (χ2n) is 10.8. The molecule has 0 spiro atoms. The maximum atomic E-state index is 13.2. The number of ether oxygens (including phenoxy) is 1. The molecule has 4 aromatic carbocycles. The summed E-state index contributed by atoms with van der Waals surface area (Å²) < 4.78 is 7.72. The molecule has 1 aliphatic heterocycles. The van der Waals surface area contributed by atoms with E-state index in [0.717, 1.165) is 66.3 Å². The molecule has 8 heteroatoms. The van der Waals surface area contributed by atoms with E-state index >= 15 is 0 Å². The third kappa shape index (κ3) is 6.72. The van der Waals surface area contributed by atoms with E-state index in [2.05, 4.69) is 80.3 Å². The molecule has 1 fully saturated rings. The Morgan fingerprint density at radius 3 is 2.00 bits per heavy atom. The Kier molecular flexibility index (Phi) is 9.70. The summed E-state index contributed by atoms with van der Waals surface area (Å²) in [7, 11) is 1.67. The van der Waals surface area contributed by atoms with E-state index in [4.69, 9.17) is 4.74 Å². The van der Waals surface area contributed by atoms with Crippen LogP contribution in [0, 0.1) is 0 Å². The van der Waals surface area contributed by atoms with Crippen molar-refractivity contribution in [2.75, 3.05) is 39.0 Å². The van der Waals surface area contributed by atoms with E-state index in [1.165, 1.54) is 11.1 Å². The highest BCUT2D eigenvalue weighted by atomic mass is 32.2. The standard InChI is InChI=1S/C36H37N5O2S/c1-43-32-21-12-11-20-31(32)41-35(30-18-9-4-10-19-30)37-38-36(41)44-27-13-22-33(42)39-23-25-40(26-24-39)34(28-14-5-2-6-15-28)29-16-7-3-8-17-29/h2-12,14-21,34H,13,22-27H2,1H3. The van der Waals surface area contributed by atoms with Crippen LogP contribution in [0.1, 0.15) is 30.0 Å². The average Bonchev–Trinajstić information content (AvgIpc) is 3.52. The maximum Gasteiger partial charge on any atom is 0.222 e. The van der Waals surface area contributed by atoms with Gasteiger partial charge in [0.1, 0.15) is 5.75 Å². The first kappa shape index (κ1) is 29.7. The van der Waals surface area contributed by atoms with Crippen molar-refractivity contribution in [3.63, 3.8) is 0 Å². The minimum absolute atomic E-state index is 0.187. The fraction of sp³-hybridized carbons (Fsp3) is 0.250. The summed E-state index contributed by atoms with van der Waals surface area (Å²) >= 11 is 1.62. The molecule has 7 nitrogen and oxygen atoms in total. The number of aromatic nitrogens is 3. The molecule has 5 aromatic rings. The molecule has 0 N–H and O–H groups in total. The fourth-order valence-corrected chi connectivity index (χ4v) is 6.71. The number of methoxy groups -OCH3 is 1. The Balaban J connectivity index is 1.07. The quantitative estimate of drug-likeness (QED) is 0.123. The van der Waals surface area contributed by atoms with Gasteiger partial charge in [-0.2, -0.15) is 0 Å². The normalized spacial score (nSPS) is 13.7. The summed E-state index contributed by atoms with van der Waals surface area (Å²) in [6, 6.07) is 39.5. The van der Waals surface area contributed by atoms with Crippen LogP contribution in [0.15, 0.2) is 120 Å². The highest BCUT2D eigenvalue weighted by Gasteiger charge is 2.28. The number of piperazine rings is 1. The van der Waals surface area contributed by atoms with Gasteiger partial charge in [0.2, 0.25) is 5.91 Å². The molecule has 0 unspecified atom stereocenters. The number of para-hydroxylation sites is 2. The van der Waals surface area contributed by atoms with Crippen molar-refractivity contribution in [1.82, 2.24) is 24.6 Å². The lowest BCUT2D eigenvalue weighted by atomic mass is 9.96. The van der Waals surface area contributed by atoms with Crippen LogP contribution in [0.4, 0.5) is 0 Å². The van der Waals surface area contributed by atoms with Gasteiger partial charge < -0.3 is 9.64 Å². The summed E-state index contributed by atoms with van der Waals surface area (Å²) in [6.07, 6.45) is 1.28. The average molecular weight is 604 g/mol. The zero-order valence-corrected chi connectivity index (χ0v) is 25.8. The number of hydrogen-bond acceptors (Lipinski definition) is 6. The van der Waals surface area contributed by atoms with Crippen molar-refractivity contribution in [3.8, 4) is 22.8 Å². The van der Waals surface area contributed by atoms with Gasteiger partial charge in [-0.3, -0.25) is 14.3 Å². The number of carbonyl (C=O) groups excluding carboxylic acids is 1. The summed E-state index contributed by atoms with van der Waals surface area (Å²) in [4.78, 5) is 17.8. The van der Waals surface area contributed by atoms with E-state index in [9.17, 15) is 4.79 Å². The van der Waals surface area contributed by atoms with Crippen LogP contribution in [0.2, 0.25) is 0 Å². The summed E-state index contributed by atoms with van der Waals surface area (Å²) in [5.74, 6) is 2.49. The van der Waals surface area contributed by atoms with Crippen LogP contribution in [-0.4, -0.2) is 69.5 Å². The van der Waals surface area contributed by atoms with Gasteiger partial charge in [0, 0.05) is 43.9 Å². The lowest BCUT2D eigenvalue weighted by Gasteiger charge is -2.40. The first-order valence-corrected chi connectivity index (χ1v) is 16.1. The van der Waals surface area contributed by atoms with Crippen LogP contribution in [-0.2, 0) is 4.79 Å². The van der Waals surface area contributed by atoms with Crippen LogP contribution < -0.4 is 4.74 Å². The molecule has 1 amide bonds. The number of thioether (sulfide) groups is 1. The molecule has 2 heterocycles. The molecule has 224 valence electrons. The van der Waals surface area contributed by atoms with Crippen molar-refractivity contribution in [2.45, 2.75) is 24.0 Å². The molecular weight excluding hydrogens is 566 g/mol. The fourth-order valence-electron chi connectivity index (χ4n) is 5.83. The smallest absolute Gasteiger partial charge is 0.222 e. The third-order valence-electron chi connectivity index (χ3n) is 8.02. The number of benzene rings is 4. The molecule has 0 aliphatic carbocycles. The molecule has 0 radical (unpaired) electrons. The largest absolute Gasteiger partial charge is 0.495 e. The first-order valence-electron chi connectivity index (χ1n) is 15.1. The lowest BCUT2D eigenvalue weighted by molar-refractivity contribution is -0.133. The Labute approximate surface area is 263 Å². The molecule has 0 atom stereocenters. The molecule has 1 aromatic heterocycles. The summed E-state index contributed by atoms with van der Waals surface area (Å²) in [6.45, 7) is 3.17. The van der Waals surface area contributed by atoms with Gasteiger partial charge in [0.25, 0.3) is 0 Å². The second-order valence-corrected chi connectivity index (χ2v) is 11.8. The van der Waals surface area contributed by atoms with Crippen molar-refractivity contribution in [2.24, 2.45) is 0 Å². The van der Waals surface area contributed by atoms with Crippen LogP contribution >= 0.6 is 11.8 Å². The molecule has 0 saturated carbocycles. The number of carbonyl (C=O) groups is 1. The SMILES string of the molecule is COc1ccccc1-n1c(SCCCC(=O)N2CCN(C(c3ccccc3)c3ccccc3)CC2)nnc1-c1ccccc1. The molecule has 0 bridgehead atoms. The van der Waals surface area contributed by atoms with E-state index in [0.29, 0.717) is 6.42 Å². The molecule has 1 aliphatic rings. The Morgan fingerprint density at radius 1 is 0.773 bits per heavy atom. The molecule has 6 rings (SSSR count). The van der Waals surface area contributed by atoms with Gasteiger partial charge >= 0.3 is 0 Å². The number of amides is 1. The maximum absolute atomic E-state index is 13.2. The predicted molar refractivity (Wildman–Crippen MR) is 176 cm³/mol. The van der Waals surface area contributed by atoms with E-state index < -0.39 is 0 Å². The van der Waals surface area contributed by atoms with Gasteiger partial charge in [-0.1, -0.05) is 115 Å².